The second-order valence-corrected chi connectivity index (χ2v) is 5.10. The highest BCUT2D eigenvalue weighted by Crippen LogP contribution is 2.23. The Hall–Kier alpha value is -1.36. The Kier molecular flexibility index (Phi) is 5.59. The van der Waals surface area contributed by atoms with Crippen LogP contribution in [0.3, 0.4) is 0 Å². The number of nitrogens with zero attached hydrogens (tertiary/aromatic N) is 2. The van der Waals surface area contributed by atoms with Crippen LogP contribution in [0.2, 0.25) is 0 Å². The Morgan fingerprint density at radius 3 is 2.80 bits per heavy atom. The van der Waals surface area contributed by atoms with Crippen molar-refractivity contribution in [1.29, 1.82) is 0 Å². The van der Waals surface area contributed by atoms with Crippen molar-refractivity contribution in [2.75, 3.05) is 25.1 Å². The van der Waals surface area contributed by atoms with Crippen molar-refractivity contribution >= 4 is 5.82 Å². The van der Waals surface area contributed by atoms with Crippen molar-refractivity contribution in [3.63, 3.8) is 0 Å². The number of ether oxygens (including phenoxy) is 2. The minimum Gasteiger partial charge on any atom is -0.475 e. The van der Waals surface area contributed by atoms with Gasteiger partial charge in [0, 0.05) is 19.6 Å². The molecule has 0 saturated carbocycles. The lowest BCUT2D eigenvalue weighted by Crippen LogP contribution is -2.26. The molecule has 1 saturated heterocycles. The number of nitrogens with one attached hydrogen (secondary N) is 1. The summed E-state index contributed by atoms with van der Waals surface area (Å²) in [4.78, 5) is 8.99. The predicted octanol–water partition coefficient (Wildman–Crippen LogP) is 2.73. The van der Waals surface area contributed by atoms with Gasteiger partial charge in [-0.05, 0) is 33.1 Å². The molecule has 0 spiro atoms. The van der Waals surface area contributed by atoms with E-state index in [2.05, 4.69) is 29.1 Å². The number of rotatable bonds is 6. The van der Waals surface area contributed by atoms with Crippen molar-refractivity contribution in [3.8, 4) is 5.88 Å². The fourth-order valence-corrected chi connectivity index (χ4v) is 2.29. The van der Waals surface area contributed by atoms with Crippen LogP contribution in [0.25, 0.3) is 0 Å². The van der Waals surface area contributed by atoms with Crippen LogP contribution in [0.5, 0.6) is 5.88 Å². The van der Waals surface area contributed by atoms with Gasteiger partial charge in [0.1, 0.15) is 18.2 Å². The van der Waals surface area contributed by atoms with E-state index in [-0.39, 0.29) is 6.10 Å². The first kappa shape index (κ1) is 15.0. The van der Waals surface area contributed by atoms with E-state index in [0.29, 0.717) is 12.5 Å². The lowest BCUT2D eigenvalue weighted by atomic mass is 10.1. The smallest absolute Gasteiger partial charge is 0.221 e. The Labute approximate surface area is 121 Å². The summed E-state index contributed by atoms with van der Waals surface area (Å²) in [7, 11) is 0. The minimum absolute atomic E-state index is 0.200. The Bertz CT molecular complexity index is 431. The summed E-state index contributed by atoms with van der Waals surface area (Å²) >= 11 is 0. The molecule has 1 fully saturated rings. The molecule has 0 amide bonds. The maximum Gasteiger partial charge on any atom is 0.221 e. The first-order valence-electron chi connectivity index (χ1n) is 7.60. The molecule has 20 heavy (non-hydrogen) atoms. The number of hydrogen-bond donors (Lipinski definition) is 1. The molecule has 1 aliphatic rings. The Morgan fingerprint density at radius 2 is 2.15 bits per heavy atom. The SMILES string of the molecule is CCNc1nc(CC)nc(OCC2CCCCO2)c1C. The van der Waals surface area contributed by atoms with Crippen molar-refractivity contribution in [3.05, 3.63) is 11.4 Å². The van der Waals surface area contributed by atoms with Crippen LogP contribution < -0.4 is 10.1 Å². The molecule has 0 aromatic carbocycles. The molecule has 0 aliphatic carbocycles. The highest BCUT2D eigenvalue weighted by atomic mass is 16.5. The lowest BCUT2D eigenvalue weighted by Gasteiger charge is -2.23. The van der Waals surface area contributed by atoms with Gasteiger partial charge in [-0.15, -0.1) is 0 Å². The van der Waals surface area contributed by atoms with E-state index in [1.54, 1.807) is 0 Å². The van der Waals surface area contributed by atoms with Crippen LogP contribution in [0.1, 0.15) is 44.5 Å². The molecule has 1 atom stereocenters. The third kappa shape index (κ3) is 3.82. The zero-order chi connectivity index (χ0) is 14.4. The maximum absolute atomic E-state index is 5.89. The fourth-order valence-electron chi connectivity index (χ4n) is 2.29. The molecule has 2 rings (SSSR count). The molecule has 5 heteroatoms. The molecule has 112 valence electrons. The van der Waals surface area contributed by atoms with Gasteiger partial charge in [-0.3, -0.25) is 0 Å². The third-order valence-electron chi connectivity index (χ3n) is 3.49. The largest absolute Gasteiger partial charge is 0.475 e. The molecule has 1 aromatic heterocycles. The normalized spacial score (nSPS) is 18.9. The van der Waals surface area contributed by atoms with Gasteiger partial charge < -0.3 is 14.8 Å². The number of hydrogen-bond acceptors (Lipinski definition) is 5. The Morgan fingerprint density at radius 1 is 1.30 bits per heavy atom. The Balaban J connectivity index is 2.06. The van der Waals surface area contributed by atoms with Gasteiger partial charge in [-0.25, -0.2) is 4.98 Å². The van der Waals surface area contributed by atoms with E-state index in [1.165, 1.54) is 6.42 Å². The maximum atomic E-state index is 5.89. The average Bonchev–Trinajstić information content (AvgIpc) is 2.49. The zero-order valence-electron chi connectivity index (χ0n) is 12.7. The quantitative estimate of drug-likeness (QED) is 0.867. The van der Waals surface area contributed by atoms with Crippen LogP contribution in [-0.4, -0.2) is 35.8 Å². The molecule has 1 unspecified atom stereocenters. The zero-order valence-corrected chi connectivity index (χ0v) is 12.7. The molecule has 0 radical (unpaired) electrons. The molecule has 2 heterocycles. The molecular weight excluding hydrogens is 254 g/mol. The topological polar surface area (TPSA) is 56.3 Å². The summed E-state index contributed by atoms with van der Waals surface area (Å²) in [5.74, 6) is 2.37. The van der Waals surface area contributed by atoms with Gasteiger partial charge in [0.05, 0.1) is 11.7 Å². The summed E-state index contributed by atoms with van der Waals surface area (Å²) in [6.07, 6.45) is 4.46. The van der Waals surface area contributed by atoms with Gasteiger partial charge >= 0.3 is 0 Å². The van der Waals surface area contributed by atoms with E-state index in [0.717, 1.165) is 49.6 Å². The molecule has 0 bridgehead atoms. The number of anilines is 1. The summed E-state index contributed by atoms with van der Waals surface area (Å²) in [5.41, 5.74) is 0.972. The average molecular weight is 279 g/mol. The van der Waals surface area contributed by atoms with E-state index in [1.807, 2.05) is 6.92 Å². The highest BCUT2D eigenvalue weighted by Gasteiger charge is 2.17. The van der Waals surface area contributed by atoms with Crippen LogP contribution in [-0.2, 0) is 11.2 Å². The van der Waals surface area contributed by atoms with Crippen molar-refractivity contribution < 1.29 is 9.47 Å². The van der Waals surface area contributed by atoms with Crippen LogP contribution in [0, 0.1) is 6.92 Å². The predicted molar refractivity (Wildman–Crippen MR) is 79.4 cm³/mol. The summed E-state index contributed by atoms with van der Waals surface area (Å²) in [6.45, 7) is 8.37. The van der Waals surface area contributed by atoms with E-state index < -0.39 is 0 Å². The van der Waals surface area contributed by atoms with Crippen molar-refractivity contribution in [2.24, 2.45) is 0 Å². The van der Waals surface area contributed by atoms with Gasteiger partial charge in [0.2, 0.25) is 5.88 Å². The van der Waals surface area contributed by atoms with Gasteiger partial charge in [0.25, 0.3) is 0 Å². The first-order valence-corrected chi connectivity index (χ1v) is 7.60. The van der Waals surface area contributed by atoms with Crippen molar-refractivity contribution in [1.82, 2.24) is 9.97 Å². The van der Waals surface area contributed by atoms with Crippen LogP contribution >= 0.6 is 0 Å². The number of aromatic nitrogens is 2. The van der Waals surface area contributed by atoms with E-state index >= 15 is 0 Å². The number of aryl methyl sites for hydroxylation is 1. The minimum atomic E-state index is 0.200. The molecule has 1 aliphatic heterocycles. The molecule has 5 nitrogen and oxygen atoms in total. The molecular formula is C15H25N3O2. The van der Waals surface area contributed by atoms with Gasteiger partial charge in [0.15, 0.2) is 0 Å². The summed E-state index contributed by atoms with van der Waals surface area (Å²) in [6, 6.07) is 0. The van der Waals surface area contributed by atoms with E-state index in [9.17, 15) is 0 Å². The molecule has 1 N–H and O–H groups in total. The summed E-state index contributed by atoms with van der Waals surface area (Å²) < 4.78 is 11.6. The van der Waals surface area contributed by atoms with Crippen LogP contribution in [0.15, 0.2) is 0 Å². The standard InChI is InChI=1S/C15H25N3O2/c1-4-13-17-14(16-5-2)11(3)15(18-13)20-10-12-8-6-7-9-19-12/h12H,4-10H2,1-3H3,(H,16,17,18). The fraction of sp³-hybridized carbons (Fsp3) is 0.733. The van der Waals surface area contributed by atoms with Gasteiger partial charge in [-0.1, -0.05) is 6.92 Å². The lowest BCUT2D eigenvalue weighted by molar-refractivity contribution is -0.0121. The second kappa shape index (κ2) is 7.43. The molecule has 1 aromatic rings. The monoisotopic (exact) mass is 279 g/mol. The van der Waals surface area contributed by atoms with Crippen LogP contribution in [0.4, 0.5) is 5.82 Å². The highest BCUT2D eigenvalue weighted by molar-refractivity contribution is 5.48. The first-order chi connectivity index (χ1) is 9.74. The third-order valence-corrected chi connectivity index (χ3v) is 3.49. The second-order valence-electron chi connectivity index (χ2n) is 5.10. The van der Waals surface area contributed by atoms with Crippen molar-refractivity contribution in [2.45, 2.75) is 52.6 Å². The van der Waals surface area contributed by atoms with E-state index in [4.69, 9.17) is 9.47 Å². The van der Waals surface area contributed by atoms with Gasteiger partial charge in [-0.2, -0.15) is 4.98 Å². The summed E-state index contributed by atoms with van der Waals surface area (Å²) in [5, 5.41) is 3.27.